The molecular weight excluding hydrogens is 284 g/mol. The van der Waals surface area contributed by atoms with Gasteiger partial charge < -0.3 is 14.2 Å². The van der Waals surface area contributed by atoms with Gasteiger partial charge in [-0.2, -0.15) is 0 Å². The predicted molar refractivity (Wildman–Crippen MR) is 80.9 cm³/mol. The van der Waals surface area contributed by atoms with E-state index < -0.39 is 0 Å². The molecule has 0 amide bonds. The largest absolute Gasteiger partial charge is 0.496 e. The summed E-state index contributed by atoms with van der Waals surface area (Å²) >= 11 is 0. The fourth-order valence-electron chi connectivity index (χ4n) is 2.53. The third kappa shape index (κ3) is 2.13. The van der Waals surface area contributed by atoms with Crippen LogP contribution in [0, 0.1) is 12.3 Å². The van der Waals surface area contributed by atoms with Gasteiger partial charge in [-0.3, -0.25) is 9.59 Å². The Morgan fingerprint density at radius 2 is 1.64 bits per heavy atom. The summed E-state index contributed by atoms with van der Waals surface area (Å²) in [4.78, 5) is 25.4. The molecule has 0 heterocycles. The average Bonchev–Trinajstić information content (AvgIpc) is 2.54. The molecule has 5 heteroatoms. The third-order valence-electron chi connectivity index (χ3n) is 3.65. The fraction of sp³-hybridized carbons (Fsp3) is 0.294. The minimum absolute atomic E-state index is 0.0819. The summed E-state index contributed by atoms with van der Waals surface area (Å²) in [5.41, 5.74) is 0.956. The summed E-state index contributed by atoms with van der Waals surface area (Å²) in [6.07, 6.45) is 5.39. The van der Waals surface area contributed by atoms with Crippen LogP contribution in [0.2, 0.25) is 0 Å². The van der Waals surface area contributed by atoms with E-state index in [1.165, 1.54) is 27.4 Å². The molecule has 0 fully saturated rings. The standard InChI is InChI=1S/C17H16O5/c1-6-7-10-9(2)15(18)13-11(20-3)8-12(21-4)17(22-5)14(13)16(10)19/h1,8H,7H2,2-5H3. The molecule has 2 rings (SSSR count). The number of hydrogen-bond acceptors (Lipinski definition) is 5. The van der Waals surface area contributed by atoms with E-state index in [4.69, 9.17) is 20.6 Å². The maximum atomic E-state index is 12.8. The van der Waals surface area contributed by atoms with Crippen LogP contribution in [0.4, 0.5) is 0 Å². The highest BCUT2D eigenvalue weighted by atomic mass is 16.5. The lowest BCUT2D eigenvalue weighted by atomic mass is 9.82. The first kappa shape index (κ1) is 15.6. The van der Waals surface area contributed by atoms with Crippen LogP contribution in [0.15, 0.2) is 17.2 Å². The Morgan fingerprint density at radius 3 is 2.14 bits per heavy atom. The van der Waals surface area contributed by atoms with E-state index in [9.17, 15) is 9.59 Å². The van der Waals surface area contributed by atoms with Gasteiger partial charge in [-0.15, -0.1) is 12.3 Å². The Kier molecular flexibility index (Phi) is 4.22. The number of terminal acetylenes is 1. The van der Waals surface area contributed by atoms with Gasteiger partial charge in [-0.05, 0) is 6.92 Å². The van der Waals surface area contributed by atoms with Crippen molar-refractivity contribution in [3.8, 4) is 29.6 Å². The van der Waals surface area contributed by atoms with Crippen molar-refractivity contribution in [2.24, 2.45) is 0 Å². The molecule has 0 unspecified atom stereocenters. The van der Waals surface area contributed by atoms with Crippen LogP contribution in [0.25, 0.3) is 0 Å². The number of benzene rings is 1. The fourth-order valence-corrected chi connectivity index (χ4v) is 2.53. The molecule has 0 spiro atoms. The molecule has 5 nitrogen and oxygen atoms in total. The molecule has 1 aliphatic carbocycles. The summed E-state index contributed by atoms with van der Waals surface area (Å²) in [7, 11) is 4.28. The predicted octanol–water partition coefficient (Wildman–Crippen LogP) is 2.43. The molecule has 0 radical (unpaired) electrons. The van der Waals surface area contributed by atoms with Crippen LogP contribution >= 0.6 is 0 Å². The third-order valence-corrected chi connectivity index (χ3v) is 3.65. The molecule has 0 saturated carbocycles. The van der Waals surface area contributed by atoms with Crippen LogP contribution in [0.5, 0.6) is 17.2 Å². The molecule has 1 aromatic carbocycles. The molecule has 0 N–H and O–H groups in total. The number of Topliss-reactive ketones (excluding diaryl/α,β-unsaturated/α-hetero) is 2. The molecular formula is C17H16O5. The zero-order chi connectivity index (χ0) is 16.4. The van der Waals surface area contributed by atoms with E-state index in [1.54, 1.807) is 6.92 Å². The maximum absolute atomic E-state index is 12.8. The number of ether oxygens (including phenoxy) is 3. The van der Waals surface area contributed by atoms with Gasteiger partial charge in [0.15, 0.2) is 23.1 Å². The number of fused-ring (bicyclic) bond motifs is 1. The van der Waals surface area contributed by atoms with Gasteiger partial charge in [0.2, 0.25) is 0 Å². The Balaban J connectivity index is 2.86. The van der Waals surface area contributed by atoms with Crippen molar-refractivity contribution < 1.29 is 23.8 Å². The van der Waals surface area contributed by atoms with E-state index in [-0.39, 0.29) is 40.6 Å². The first-order valence-corrected chi connectivity index (χ1v) is 6.57. The SMILES string of the molecule is C#CCC1=C(C)C(=O)c2c(OC)cc(OC)c(OC)c2C1=O. The van der Waals surface area contributed by atoms with Crippen LogP contribution in [-0.2, 0) is 0 Å². The van der Waals surface area contributed by atoms with Crippen LogP contribution in [0.1, 0.15) is 34.1 Å². The first-order valence-electron chi connectivity index (χ1n) is 6.57. The van der Waals surface area contributed by atoms with Crippen molar-refractivity contribution in [2.75, 3.05) is 21.3 Å². The highest BCUT2D eigenvalue weighted by Gasteiger charge is 2.36. The number of rotatable bonds is 4. The van der Waals surface area contributed by atoms with Crippen LogP contribution in [-0.4, -0.2) is 32.9 Å². The molecule has 22 heavy (non-hydrogen) atoms. The Hall–Kier alpha value is -2.74. The smallest absolute Gasteiger partial charge is 0.195 e. The van der Waals surface area contributed by atoms with Crippen molar-refractivity contribution >= 4 is 11.6 Å². The molecule has 0 bridgehead atoms. The number of hydrogen-bond donors (Lipinski definition) is 0. The maximum Gasteiger partial charge on any atom is 0.195 e. The first-order chi connectivity index (χ1) is 10.5. The van der Waals surface area contributed by atoms with Crippen molar-refractivity contribution in [2.45, 2.75) is 13.3 Å². The average molecular weight is 300 g/mol. The second kappa shape index (κ2) is 5.94. The van der Waals surface area contributed by atoms with Crippen molar-refractivity contribution in [3.63, 3.8) is 0 Å². The highest BCUT2D eigenvalue weighted by Crippen LogP contribution is 2.44. The van der Waals surface area contributed by atoms with Gasteiger partial charge >= 0.3 is 0 Å². The summed E-state index contributed by atoms with van der Waals surface area (Å²) in [5, 5.41) is 0. The molecule has 0 saturated heterocycles. The zero-order valence-electron chi connectivity index (χ0n) is 12.9. The number of methoxy groups -OCH3 is 3. The van der Waals surface area contributed by atoms with Crippen LogP contribution in [0.3, 0.4) is 0 Å². The lowest BCUT2D eigenvalue weighted by Gasteiger charge is -2.23. The second-order valence-corrected chi connectivity index (χ2v) is 4.71. The number of ketones is 2. The Bertz CT molecular complexity index is 734. The molecule has 0 aromatic heterocycles. The second-order valence-electron chi connectivity index (χ2n) is 4.71. The van der Waals surface area contributed by atoms with Crippen molar-refractivity contribution in [1.82, 2.24) is 0 Å². The quantitative estimate of drug-likeness (QED) is 0.799. The minimum atomic E-state index is -0.334. The van der Waals surface area contributed by atoms with Crippen molar-refractivity contribution in [1.29, 1.82) is 0 Å². The van der Waals surface area contributed by atoms with Crippen LogP contribution < -0.4 is 14.2 Å². The Morgan fingerprint density at radius 1 is 1.00 bits per heavy atom. The van der Waals surface area contributed by atoms with Gasteiger partial charge in [0.1, 0.15) is 5.75 Å². The van der Waals surface area contributed by atoms with E-state index in [2.05, 4.69) is 5.92 Å². The zero-order valence-corrected chi connectivity index (χ0v) is 12.9. The normalized spacial score (nSPS) is 13.6. The van der Waals surface area contributed by atoms with Gasteiger partial charge in [-0.1, -0.05) is 0 Å². The molecule has 1 aliphatic rings. The number of allylic oxidation sites excluding steroid dienone is 2. The Labute approximate surface area is 128 Å². The molecule has 114 valence electrons. The van der Waals surface area contributed by atoms with E-state index >= 15 is 0 Å². The van der Waals surface area contributed by atoms with Crippen molar-refractivity contribution in [3.05, 3.63) is 28.3 Å². The number of carbonyl (C=O) groups is 2. The van der Waals surface area contributed by atoms with Gasteiger partial charge in [0.25, 0.3) is 0 Å². The molecule has 0 aliphatic heterocycles. The molecule has 1 aromatic rings. The number of carbonyl (C=O) groups excluding carboxylic acids is 2. The van der Waals surface area contributed by atoms with Gasteiger partial charge in [-0.25, -0.2) is 0 Å². The lowest BCUT2D eigenvalue weighted by Crippen LogP contribution is -2.23. The summed E-state index contributed by atoms with van der Waals surface area (Å²) in [5.74, 6) is 2.58. The monoisotopic (exact) mass is 300 g/mol. The highest BCUT2D eigenvalue weighted by molar-refractivity contribution is 6.29. The summed E-state index contributed by atoms with van der Waals surface area (Å²) in [6, 6.07) is 1.53. The van der Waals surface area contributed by atoms with E-state index in [0.717, 1.165) is 0 Å². The van der Waals surface area contributed by atoms with Gasteiger partial charge in [0.05, 0.1) is 32.5 Å². The minimum Gasteiger partial charge on any atom is -0.496 e. The lowest BCUT2D eigenvalue weighted by molar-refractivity contribution is 0.0967. The van der Waals surface area contributed by atoms with E-state index in [0.29, 0.717) is 16.9 Å². The summed E-state index contributed by atoms with van der Waals surface area (Å²) < 4.78 is 15.8. The van der Waals surface area contributed by atoms with Gasteiger partial charge in [0, 0.05) is 23.6 Å². The topological polar surface area (TPSA) is 61.8 Å². The molecule has 0 atom stereocenters. The summed E-state index contributed by atoms with van der Waals surface area (Å²) in [6.45, 7) is 1.59. The van der Waals surface area contributed by atoms with E-state index in [1.807, 2.05) is 0 Å².